The van der Waals surface area contributed by atoms with Gasteiger partial charge in [-0.1, -0.05) is 56.3 Å². The van der Waals surface area contributed by atoms with Gasteiger partial charge in [0.2, 0.25) is 10.0 Å². The third kappa shape index (κ3) is 5.41. The number of nitrogens with one attached hydrogen (secondary N) is 2. The molecule has 2 aromatic carbocycles. The maximum atomic E-state index is 13.1. The minimum Gasteiger partial charge on any atom is -0.370 e. The van der Waals surface area contributed by atoms with Crippen LogP contribution in [0.2, 0.25) is 0 Å². The number of benzene rings is 2. The highest BCUT2D eigenvalue weighted by Crippen LogP contribution is 2.22. The molecule has 6 heteroatoms. The molecule has 28 heavy (non-hydrogen) atoms. The van der Waals surface area contributed by atoms with Gasteiger partial charge in [-0.2, -0.15) is 4.72 Å². The van der Waals surface area contributed by atoms with Crippen LogP contribution in [-0.2, 0) is 14.8 Å². The Morgan fingerprint density at radius 1 is 1.00 bits per heavy atom. The summed E-state index contributed by atoms with van der Waals surface area (Å²) in [7, 11) is -3.60. The molecular weight excluding hydrogens is 372 g/mol. The predicted molar refractivity (Wildman–Crippen MR) is 111 cm³/mol. The molecule has 0 aromatic heterocycles. The molecular formula is C22H31N2O3S+. The topological polar surface area (TPSA) is 59.8 Å². The quantitative estimate of drug-likeness (QED) is 0.710. The molecule has 0 radical (unpaired) electrons. The van der Waals surface area contributed by atoms with Crippen molar-refractivity contribution in [1.82, 2.24) is 4.72 Å². The zero-order valence-electron chi connectivity index (χ0n) is 16.7. The molecule has 1 heterocycles. The fourth-order valence-corrected chi connectivity index (χ4v) is 4.76. The molecule has 2 aromatic rings. The standard InChI is InChI=1S/C22H30N2O3S/c1-3-18(2)19-9-11-21(12-10-19)28(25,26)23-22(20-7-5-4-6-8-20)17-24-13-15-27-16-14-24/h4-12,18,22-23H,3,13-17H2,1-2H3/p+1/t18-,22-/m0/s1. The van der Waals surface area contributed by atoms with E-state index in [0.717, 1.165) is 38.3 Å². The van der Waals surface area contributed by atoms with Crippen LogP contribution in [0.25, 0.3) is 0 Å². The van der Waals surface area contributed by atoms with E-state index in [2.05, 4.69) is 18.6 Å². The second kappa shape index (κ2) is 9.65. The van der Waals surface area contributed by atoms with Crippen LogP contribution < -0.4 is 9.62 Å². The van der Waals surface area contributed by atoms with Crippen LogP contribution in [-0.4, -0.2) is 41.3 Å². The van der Waals surface area contributed by atoms with E-state index in [1.165, 1.54) is 10.5 Å². The molecule has 3 rings (SSSR count). The number of rotatable bonds is 8. The molecule has 2 N–H and O–H groups in total. The number of sulfonamides is 1. The van der Waals surface area contributed by atoms with E-state index in [1.54, 1.807) is 12.1 Å². The molecule has 152 valence electrons. The summed E-state index contributed by atoms with van der Waals surface area (Å²) in [6.45, 7) is 8.23. The van der Waals surface area contributed by atoms with Crippen molar-refractivity contribution < 1.29 is 18.1 Å². The molecule has 0 aliphatic carbocycles. The lowest BCUT2D eigenvalue weighted by atomic mass is 9.99. The van der Waals surface area contributed by atoms with Crippen LogP contribution >= 0.6 is 0 Å². The lowest BCUT2D eigenvalue weighted by molar-refractivity contribution is -0.909. The normalized spacial score (nSPS) is 17.9. The average Bonchev–Trinajstić information content (AvgIpc) is 2.74. The molecule has 0 saturated carbocycles. The molecule has 1 saturated heterocycles. The summed E-state index contributed by atoms with van der Waals surface area (Å²) in [5.41, 5.74) is 2.15. The van der Waals surface area contributed by atoms with Crippen molar-refractivity contribution in [3.05, 3.63) is 65.7 Å². The third-order valence-electron chi connectivity index (χ3n) is 5.56. The van der Waals surface area contributed by atoms with Crippen molar-refractivity contribution in [2.75, 3.05) is 32.8 Å². The van der Waals surface area contributed by atoms with Gasteiger partial charge < -0.3 is 9.64 Å². The van der Waals surface area contributed by atoms with E-state index in [9.17, 15) is 8.42 Å². The summed E-state index contributed by atoms with van der Waals surface area (Å²) in [5.74, 6) is 0.423. The van der Waals surface area contributed by atoms with Crippen molar-refractivity contribution in [3.8, 4) is 0 Å². The van der Waals surface area contributed by atoms with Gasteiger partial charge in [-0.25, -0.2) is 8.42 Å². The minimum absolute atomic E-state index is 0.270. The Labute approximate surface area is 168 Å². The highest BCUT2D eigenvalue weighted by Gasteiger charge is 2.26. The van der Waals surface area contributed by atoms with E-state index in [4.69, 9.17) is 4.74 Å². The first-order chi connectivity index (χ1) is 13.5. The zero-order valence-corrected chi connectivity index (χ0v) is 17.5. The smallest absolute Gasteiger partial charge is 0.241 e. The third-order valence-corrected chi connectivity index (χ3v) is 7.05. The largest absolute Gasteiger partial charge is 0.370 e. The first-order valence-corrected chi connectivity index (χ1v) is 11.6. The summed E-state index contributed by atoms with van der Waals surface area (Å²) in [4.78, 5) is 1.67. The fraction of sp³-hybridized carbons (Fsp3) is 0.455. The fourth-order valence-electron chi connectivity index (χ4n) is 3.53. The van der Waals surface area contributed by atoms with Crippen LogP contribution in [0.15, 0.2) is 59.5 Å². The molecule has 0 spiro atoms. The average molecular weight is 404 g/mol. The molecule has 0 amide bonds. The van der Waals surface area contributed by atoms with Crippen LogP contribution in [0.3, 0.4) is 0 Å². The number of quaternary nitrogens is 1. The Hall–Kier alpha value is -1.73. The van der Waals surface area contributed by atoms with Gasteiger partial charge in [0, 0.05) is 0 Å². The van der Waals surface area contributed by atoms with E-state index in [0.29, 0.717) is 17.4 Å². The number of ether oxygens (including phenoxy) is 1. The lowest BCUT2D eigenvalue weighted by Crippen LogP contribution is -3.14. The minimum atomic E-state index is -3.60. The number of hydrogen-bond acceptors (Lipinski definition) is 3. The summed E-state index contributed by atoms with van der Waals surface area (Å²) in [5, 5.41) is 0. The Morgan fingerprint density at radius 3 is 2.25 bits per heavy atom. The van der Waals surface area contributed by atoms with E-state index in [1.807, 2.05) is 42.5 Å². The summed E-state index contributed by atoms with van der Waals surface area (Å²) in [6, 6.07) is 16.8. The predicted octanol–water partition coefficient (Wildman–Crippen LogP) is 2.13. The van der Waals surface area contributed by atoms with Gasteiger partial charge in [-0.05, 0) is 35.6 Å². The Balaban J connectivity index is 1.80. The van der Waals surface area contributed by atoms with Gasteiger partial charge in [0.15, 0.2) is 0 Å². The van der Waals surface area contributed by atoms with Crippen molar-refractivity contribution in [3.63, 3.8) is 0 Å². The SMILES string of the molecule is CC[C@H](C)c1ccc(S(=O)(=O)N[C@@H](C[NH+]2CCOCC2)c2ccccc2)cc1. The molecule has 2 atom stereocenters. The van der Waals surface area contributed by atoms with Gasteiger partial charge in [-0.3, -0.25) is 0 Å². The first kappa shape index (κ1) is 21.0. The molecule has 0 unspecified atom stereocenters. The highest BCUT2D eigenvalue weighted by atomic mass is 32.2. The summed E-state index contributed by atoms with van der Waals surface area (Å²) in [6.07, 6.45) is 1.03. The second-order valence-corrected chi connectivity index (χ2v) is 9.24. The molecule has 0 bridgehead atoms. The van der Waals surface area contributed by atoms with Gasteiger partial charge in [0.1, 0.15) is 13.1 Å². The first-order valence-electron chi connectivity index (χ1n) is 10.1. The van der Waals surface area contributed by atoms with Crippen molar-refractivity contribution >= 4 is 10.0 Å². The van der Waals surface area contributed by atoms with Gasteiger partial charge >= 0.3 is 0 Å². The van der Waals surface area contributed by atoms with Crippen molar-refractivity contribution in [1.29, 1.82) is 0 Å². The Morgan fingerprint density at radius 2 is 1.64 bits per heavy atom. The highest BCUT2D eigenvalue weighted by molar-refractivity contribution is 7.89. The zero-order chi connectivity index (χ0) is 20.0. The Kier molecular flexibility index (Phi) is 7.24. The van der Waals surface area contributed by atoms with E-state index in [-0.39, 0.29) is 6.04 Å². The molecule has 1 fully saturated rings. The summed E-state index contributed by atoms with van der Waals surface area (Å²) >= 11 is 0. The van der Waals surface area contributed by atoms with E-state index < -0.39 is 10.0 Å². The maximum absolute atomic E-state index is 13.1. The van der Waals surface area contributed by atoms with Crippen LogP contribution in [0.5, 0.6) is 0 Å². The van der Waals surface area contributed by atoms with Crippen molar-refractivity contribution in [2.24, 2.45) is 0 Å². The maximum Gasteiger partial charge on any atom is 0.241 e. The second-order valence-electron chi connectivity index (χ2n) is 7.53. The van der Waals surface area contributed by atoms with Crippen LogP contribution in [0.4, 0.5) is 0 Å². The van der Waals surface area contributed by atoms with Gasteiger partial charge in [-0.15, -0.1) is 0 Å². The lowest BCUT2D eigenvalue weighted by Gasteiger charge is -2.28. The molecule has 1 aliphatic rings. The van der Waals surface area contributed by atoms with Gasteiger partial charge in [0.25, 0.3) is 0 Å². The van der Waals surface area contributed by atoms with Gasteiger partial charge in [0.05, 0.1) is 30.7 Å². The van der Waals surface area contributed by atoms with E-state index >= 15 is 0 Å². The van der Waals surface area contributed by atoms with Crippen LogP contribution in [0, 0.1) is 0 Å². The summed E-state index contributed by atoms with van der Waals surface area (Å²) < 4.78 is 34.5. The Bertz CT molecular complexity index is 832. The number of morpholine rings is 1. The molecule has 1 aliphatic heterocycles. The van der Waals surface area contributed by atoms with Crippen LogP contribution in [0.1, 0.15) is 43.4 Å². The monoisotopic (exact) mass is 403 g/mol. The van der Waals surface area contributed by atoms with Crippen molar-refractivity contribution in [2.45, 2.75) is 37.1 Å². The molecule has 5 nitrogen and oxygen atoms in total. The number of hydrogen-bond donors (Lipinski definition) is 2.